The molecule has 2 heterocycles. The van der Waals surface area contributed by atoms with Crippen molar-refractivity contribution in [3.05, 3.63) is 26.6 Å². The summed E-state index contributed by atoms with van der Waals surface area (Å²) in [6.07, 6.45) is 3.68. The average Bonchev–Trinajstić information content (AvgIpc) is 2.95. The second-order valence-electron chi connectivity index (χ2n) is 8.43. The van der Waals surface area contributed by atoms with Gasteiger partial charge in [-0.25, -0.2) is 4.98 Å². The monoisotopic (exact) mass is 391 g/mol. The lowest BCUT2D eigenvalue weighted by molar-refractivity contribution is -0.118. The van der Waals surface area contributed by atoms with Crippen LogP contribution in [0.3, 0.4) is 0 Å². The molecule has 0 saturated carbocycles. The van der Waals surface area contributed by atoms with Crippen LogP contribution in [-0.2, 0) is 35.3 Å². The van der Waals surface area contributed by atoms with Gasteiger partial charge in [0.15, 0.2) is 0 Å². The molecule has 27 heavy (non-hydrogen) atoms. The predicted octanol–water partition coefficient (Wildman–Crippen LogP) is 2.67. The molecule has 0 aliphatic heterocycles. The quantitative estimate of drug-likeness (QED) is 0.820. The molecule has 148 valence electrons. The zero-order chi connectivity index (χ0) is 19.8. The van der Waals surface area contributed by atoms with Gasteiger partial charge in [-0.1, -0.05) is 20.8 Å². The Morgan fingerprint density at radius 2 is 2.15 bits per heavy atom. The molecule has 6 nitrogen and oxygen atoms in total. The van der Waals surface area contributed by atoms with Crippen molar-refractivity contribution >= 4 is 27.5 Å². The van der Waals surface area contributed by atoms with Gasteiger partial charge in [-0.2, -0.15) is 0 Å². The number of methoxy groups -OCH3 is 1. The first-order valence-corrected chi connectivity index (χ1v) is 10.3. The van der Waals surface area contributed by atoms with Crippen molar-refractivity contribution in [1.29, 1.82) is 0 Å². The minimum absolute atomic E-state index is 0.0425. The standard InChI is InChI=1S/C20H29N3O3S/c1-20(2,3)12-5-6-13-14(11-12)27-18-17(13)19(25)23(9-7-15(21)24)16(22-18)8-10-26-4/h12H,5-11H2,1-4H3,(H2,21,24). The Labute approximate surface area is 163 Å². The number of carbonyl (C=O) groups is 1. The first kappa shape index (κ1) is 20.0. The Balaban J connectivity index is 2.08. The van der Waals surface area contributed by atoms with Gasteiger partial charge < -0.3 is 10.5 Å². The van der Waals surface area contributed by atoms with E-state index in [1.165, 1.54) is 10.4 Å². The van der Waals surface area contributed by atoms with Crippen molar-refractivity contribution in [3.8, 4) is 0 Å². The van der Waals surface area contributed by atoms with Crippen LogP contribution in [0.2, 0.25) is 0 Å². The van der Waals surface area contributed by atoms with E-state index in [0.29, 0.717) is 24.8 Å². The van der Waals surface area contributed by atoms with Crippen LogP contribution in [0.4, 0.5) is 0 Å². The summed E-state index contributed by atoms with van der Waals surface area (Å²) in [4.78, 5) is 31.4. The maximum atomic E-state index is 13.3. The number of rotatable bonds is 6. The number of nitrogens with zero attached hydrogens (tertiary/aromatic N) is 2. The molecule has 0 aromatic carbocycles. The zero-order valence-electron chi connectivity index (χ0n) is 16.6. The van der Waals surface area contributed by atoms with Crippen LogP contribution in [-0.4, -0.2) is 29.2 Å². The minimum Gasteiger partial charge on any atom is -0.384 e. The van der Waals surface area contributed by atoms with Crippen molar-refractivity contribution < 1.29 is 9.53 Å². The van der Waals surface area contributed by atoms with E-state index in [-0.39, 0.29) is 23.9 Å². The Morgan fingerprint density at radius 3 is 2.78 bits per heavy atom. The van der Waals surface area contributed by atoms with Gasteiger partial charge in [0.25, 0.3) is 5.56 Å². The molecular formula is C20H29N3O3S. The smallest absolute Gasteiger partial charge is 0.262 e. The number of aromatic nitrogens is 2. The number of thiophene rings is 1. The number of nitrogens with two attached hydrogens (primary N) is 1. The Kier molecular flexibility index (Phi) is 5.72. The fourth-order valence-electron chi connectivity index (χ4n) is 3.88. The summed E-state index contributed by atoms with van der Waals surface area (Å²) in [5.74, 6) is 0.865. The van der Waals surface area contributed by atoms with Crippen LogP contribution in [0, 0.1) is 11.3 Å². The van der Waals surface area contributed by atoms with Crippen LogP contribution >= 0.6 is 11.3 Å². The highest BCUT2D eigenvalue weighted by Crippen LogP contribution is 2.42. The molecule has 0 fully saturated rings. The van der Waals surface area contributed by atoms with Crippen molar-refractivity contribution in [1.82, 2.24) is 9.55 Å². The molecule has 7 heteroatoms. The number of primary amides is 1. The summed E-state index contributed by atoms with van der Waals surface area (Å²) in [5, 5.41) is 0.744. The van der Waals surface area contributed by atoms with Crippen molar-refractivity contribution in [3.63, 3.8) is 0 Å². The fraction of sp³-hybridized carbons (Fsp3) is 0.650. The molecule has 0 saturated heterocycles. The lowest BCUT2D eigenvalue weighted by atomic mass is 9.72. The van der Waals surface area contributed by atoms with Gasteiger partial charge >= 0.3 is 0 Å². The van der Waals surface area contributed by atoms with Crippen molar-refractivity contribution in [2.24, 2.45) is 17.1 Å². The molecule has 1 atom stereocenters. The van der Waals surface area contributed by atoms with Crippen molar-refractivity contribution in [2.75, 3.05) is 13.7 Å². The lowest BCUT2D eigenvalue weighted by Crippen LogP contribution is -2.29. The molecule has 2 aromatic rings. The molecule has 0 radical (unpaired) electrons. The zero-order valence-corrected chi connectivity index (χ0v) is 17.4. The summed E-state index contributed by atoms with van der Waals surface area (Å²) in [6, 6.07) is 0. The van der Waals surface area contributed by atoms with E-state index in [2.05, 4.69) is 20.8 Å². The maximum Gasteiger partial charge on any atom is 0.262 e. The molecule has 1 aliphatic carbocycles. The normalized spacial score (nSPS) is 17.3. The fourth-order valence-corrected chi connectivity index (χ4v) is 5.19. The van der Waals surface area contributed by atoms with E-state index in [1.807, 2.05) is 0 Å². The molecule has 2 aromatic heterocycles. The predicted molar refractivity (Wildman–Crippen MR) is 108 cm³/mol. The third-order valence-electron chi connectivity index (χ3n) is 5.58. The van der Waals surface area contributed by atoms with Crippen molar-refractivity contribution in [2.45, 2.75) is 59.4 Å². The van der Waals surface area contributed by atoms with Crippen LogP contribution in [0.25, 0.3) is 10.2 Å². The Morgan fingerprint density at radius 1 is 1.41 bits per heavy atom. The number of aryl methyl sites for hydroxylation is 1. The third kappa shape index (κ3) is 4.09. The summed E-state index contributed by atoms with van der Waals surface area (Å²) in [7, 11) is 1.63. The number of ether oxygens (including phenoxy) is 1. The van der Waals surface area contributed by atoms with Gasteiger partial charge in [0.2, 0.25) is 5.91 Å². The summed E-state index contributed by atoms with van der Waals surface area (Å²) < 4.78 is 6.79. The van der Waals surface area contributed by atoms with Gasteiger partial charge in [0.1, 0.15) is 10.7 Å². The highest BCUT2D eigenvalue weighted by molar-refractivity contribution is 7.18. The largest absolute Gasteiger partial charge is 0.384 e. The summed E-state index contributed by atoms with van der Waals surface area (Å²) in [5.41, 5.74) is 6.68. The Bertz CT molecular complexity index is 908. The SMILES string of the molecule is COCCc1nc2sc3c(c2c(=O)n1CCC(N)=O)CCC(C(C)(C)C)C3. The number of amides is 1. The van der Waals surface area contributed by atoms with E-state index >= 15 is 0 Å². The Hall–Kier alpha value is -1.73. The second-order valence-corrected chi connectivity index (χ2v) is 9.52. The molecule has 1 amide bonds. The molecule has 1 unspecified atom stereocenters. The molecule has 0 spiro atoms. The average molecular weight is 392 g/mol. The van der Waals surface area contributed by atoms with E-state index < -0.39 is 5.91 Å². The van der Waals surface area contributed by atoms with Gasteiger partial charge in [0, 0.05) is 31.4 Å². The second kappa shape index (κ2) is 7.72. The van der Waals surface area contributed by atoms with E-state index in [1.54, 1.807) is 23.0 Å². The highest BCUT2D eigenvalue weighted by Gasteiger charge is 2.32. The van der Waals surface area contributed by atoms with Gasteiger partial charge in [0.05, 0.1) is 12.0 Å². The molecule has 2 N–H and O–H groups in total. The van der Waals surface area contributed by atoms with Crippen LogP contribution in [0.1, 0.15) is 49.9 Å². The van der Waals surface area contributed by atoms with E-state index in [0.717, 1.165) is 29.5 Å². The first-order chi connectivity index (χ1) is 12.7. The third-order valence-corrected chi connectivity index (χ3v) is 6.73. The molecule has 0 bridgehead atoms. The summed E-state index contributed by atoms with van der Waals surface area (Å²) in [6.45, 7) is 7.60. The van der Waals surface area contributed by atoms with Gasteiger partial charge in [-0.3, -0.25) is 14.2 Å². The summed E-state index contributed by atoms with van der Waals surface area (Å²) >= 11 is 1.66. The number of hydrogen-bond donors (Lipinski definition) is 1. The van der Waals surface area contributed by atoms with E-state index in [4.69, 9.17) is 15.5 Å². The minimum atomic E-state index is -0.417. The lowest BCUT2D eigenvalue weighted by Gasteiger charge is -2.33. The number of fused-ring (bicyclic) bond motifs is 3. The first-order valence-electron chi connectivity index (χ1n) is 9.53. The van der Waals surface area contributed by atoms with Crippen LogP contribution in [0.5, 0.6) is 0 Å². The molecular weight excluding hydrogens is 362 g/mol. The van der Waals surface area contributed by atoms with Crippen LogP contribution < -0.4 is 11.3 Å². The van der Waals surface area contributed by atoms with Gasteiger partial charge in [-0.15, -0.1) is 11.3 Å². The maximum absolute atomic E-state index is 13.3. The van der Waals surface area contributed by atoms with Crippen LogP contribution in [0.15, 0.2) is 4.79 Å². The number of hydrogen-bond acceptors (Lipinski definition) is 5. The number of carbonyl (C=O) groups excluding carboxylic acids is 1. The highest BCUT2D eigenvalue weighted by atomic mass is 32.1. The van der Waals surface area contributed by atoms with E-state index in [9.17, 15) is 9.59 Å². The van der Waals surface area contributed by atoms with Gasteiger partial charge in [-0.05, 0) is 36.2 Å². The molecule has 1 aliphatic rings. The topological polar surface area (TPSA) is 87.2 Å². The molecule has 3 rings (SSSR count).